The van der Waals surface area contributed by atoms with Crippen molar-refractivity contribution in [3.05, 3.63) is 0 Å². The Balaban J connectivity index is -0.00000000103. The third kappa shape index (κ3) is 53900. The molecule has 18 heavy (non-hydrogen) atoms. The molecule has 0 aliphatic heterocycles. The van der Waals surface area contributed by atoms with Gasteiger partial charge in [-0.1, -0.05) is 0 Å². The summed E-state index contributed by atoms with van der Waals surface area (Å²) < 4.78 is 0. The van der Waals surface area contributed by atoms with Gasteiger partial charge in [0.05, 0.1) is 0 Å². The maximum Gasteiger partial charge on any atom is 0.668 e. The summed E-state index contributed by atoms with van der Waals surface area (Å²) in [4.78, 5) is 29.3. The third-order valence-electron chi connectivity index (χ3n) is 0. The maximum absolute atomic E-state index is 7.33. The van der Waals surface area contributed by atoms with Crippen LogP contribution in [0.5, 0.6) is 0 Å². The summed E-state index contributed by atoms with van der Waals surface area (Å²) >= 11 is 0. The Labute approximate surface area is 116 Å². The molecule has 0 spiro atoms. The fourth-order valence-corrected chi connectivity index (χ4v) is 0. The van der Waals surface area contributed by atoms with Gasteiger partial charge in [-0.2, -0.15) is 0 Å². The van der Waals surface area contributed by atoms with Gasteiger partial charge < -0.3 is 84.9 Å². The summed E-state index contributed by atoms with van der Waals surface area (Å²) in [7, 11) is -4.61. The summed E-state index contributed by atoms with van der Waals surface area (Å²) in [5.74, 6) is 0. The molecule has 134 valence electrons. The molecule has 0 aromatic carbocycles. The second-order valence-corrected chi connectivity index (χ2v) is 1.80. The Bertz CT molecular complexity index is 26.6. The summed E-state index contributed by atoms with van der Waals surface area (Å²) in [6, 6.07) is 0. The molecule has 0 saturated carbocycles. The van der Waals surface area contributed by atoms with E-state index in [0.717, 1.165) is 0 Å². The Morgan fingerprint density at radius 3 is 0.333 bits per heavy atom. The standard InChI is InChI=1S/Mo.H4O4Si.12H2O/c;1-5(2,3)4;;;;;;;;;;;;/h;1-4H;12*1H2. The van der Waals surface area contributed by atoms with E-state index in [2.05, 4.69) is 0 Å². The van der Waals surface area contributed by atoms with Crippen LogP contribution in [0.4, 0.5) is 0 Å². The summed E-state index contributed by atoms with van der Waals surface area (Å²) in [5.41, 5.74) is 0. The Hall–Kier alpha value is 0.265. The first kappa shape index (κ1) is 299. The van der Waals surface area contributed by atoms with Crippen LogP contribution in [0.2, 0.25) is 0 Å². The number of hydrogen-bond acceptors (Lipinski definition) is 4. The Morgan fingerprint density at radius 2 is 0.333 bits per heavy atom. The average molecular weight is 408 g/mol. The van der Waals surface area contributed by atoms with Crippen LogP contribution >= 0.6 is 0 Å². The van der Waals surface area contributed by atoms with Crippen molar-refractivity contribution in [2.75, 3.05) is 0 Å². The van der Waals surface area contributed by atoms with Crippen molar-refractivity contribution in [1.29, 1.82) is 0 Å². The van der Waals surface area contributed by atoms with Crippen LogP contribution in [-0.4, -0.2) is 93.9 Å². The molecule has 0 saturated heterocycles. The second-order valence-electron chi connectivity index (χ2n) is 0.600. The normalized spacial score (nSPS) is 3.33. The van der Waals surface area contributed by atoms with E-state index in [4.69, 9.17) is 19.2 Å². The Kier molecular flexibility index (Phi) is 1930. The van der Waals surface area contributed by atoms with Crippen LogP contribution in [0.1, 0.15) is 0 Å². The third-order valence-corrected chi connectivity index (χ3v) is 0. The molecule has 0 unspecified atom stereocenters. The van der Waals surface area contributed by atoms with E-state index in [1.165, 1.54) is 0 Å². The molecule has 0 bridgehead atoms. The van der Waals surface area contributed by atoms with Crippen molar-refractivity contribution in [1.82, 2.24) is 0 Å². The van der Waals surface area contributed by atoms with Crippen LogP contribution in [-0.2, 0) is 21.1 Å². The SMILES string of the molecule is O.O.O.O.O.O.O.O.O.O.O.O.O[Si](O)(O)O.[Mo]. The molecule has 18 heteroatoms. The molecule has 0 aliphatic rings. The molecular formula is H28MoO16Si. The predicted octanol–water partition coefficient (Wildman–Crippen LogP) is -12.5. The molecule has 0 rings (SSSR count). The van der Waals surface area contributed by atoms with Crippen molar-refractivity contribution in [2.45, 2.75) is 0 Å². The molecule has 0 aliphatic carbocycles. The number of rotatable bonds is 0. The quantitative estimate of drug-likeness (QED) is 0.283. The van der Waals surface area contributed by atoms with Crippen LogP contribution in [0, 0.1) is 0 Å². The molecule has 0 fully saturated rings. The van der Waals surface area contributed by atoms with Gasteiger partial charge in [0.1, 0.15) is 0 Å². The van der Waals surface area contributed by atoms with Crippen LogP contribution < -0.4 is 0 Å². The summed E-state index contributed by atoms with van der Waals surface area (Å²) in [6.45, 7) is 0. The first-order valence-electron chi connectivity index (χ1n) is 0.894. The fraction of sp³-hybridized carbons (Fsp3) is 0. The van der Waals surface area contributed by atoms with Gasteiger partial charge in [-0.15, -0.1) is 0 Å². The summed E-state index contributed by atoms with van der Waals surface area (Å²) in [6.07, 6.45) is 0. The smallest absolute Gasteiger partial charge is 0.412 e. The van der Waals surface area contributed by atoms with E-state index < -0.39 is 9.05 Å². The first-order chi connectivity index (χ1) is 2.00. The number of hydrogen-bond donors (Lipinski definition) is 4. The van der Waals surface area contributed by atoms with Gasteiger partial charge in [-0.3, -0.25) is 0 Å². The van der Waals surface area contributed by atoms with Gasteiger partial charge in [0, 0.05) is 21.1 Å². The monoisotopic (exact) mass is 410 g/mol. The molecule has 0 radical (unpaired) electrons. The minimum Gasteiger partial charge on any atom is -0.412 e. The van der Waals surface area contributed by atoms with Crippen molar-refractivity contribution in [2.24, 2.45) is 0 Å². The average Bonchev–Trinajstić information content (AvgIpc) is 0.722. The van der Waals surface area contributed by atoms with Crippen LogP contribution in [0.15, 0.2) is 0 Å². The van der Waals surface area contributed by atoms with E-state index in [0.29, 0.717) is 0 Å². The molecular weight excluding hydrogens is 380 g/mol. The van der Waals surface area contributed by atoms with Gasteiger partial charge in [-0.25, -0.2) is 0 Å². The largest absolute Gasteiger partial charge is 0.668 e. The van der Waals surface area contributed by atoms with E-state index in [1.807, 2.05) is 0 Å². The molecule has 0 aromatic heterocycles. The van der Waals surface area contributed by atoms with Crippen molar-refractivity contribution >= 4 is 9.05 Å². The predicted molar refractivity (Wildman–Crippen MR) is 58.0 cm³/mol. The molecule has 0 aromatic rings. The van der Waals surface area contributed by atoms with Gasteiger partial charge in [0.2, 0.25) is 0 Å². The maximum atomic E-state index is 7.33. The van der Waals surface area contributed by atoms with Crippen molar-refractivity contribution < 1.29 is 106 Å². The van der Waals surface area contributed by atoms with Gasteiger partial charge >= 0.3 is 9.05 Å². The van der Waals surface area contributed by atoms with Crippen molar-refractivity contribution in [3.8, 4) is 0 Å². The van der Waals surface area contributed by atoms with E-state index in [-0.39, 0.29) is 86.8 Å². The first-order valence-corrected chi connectivity index (χ1v) is 2.68. The molecule has 0 atom stereocenters. The van der Waals surface area contributed by atoms with Crippen molar-refractivity contribution in [3.63, 3.8) is 0 Å². The molecule has 0 heterocycles. The topological polar surface area (TPSA) is 459 Å². The van der Waals surface area contributed by atoms with E-state index in [1.54, 1.807) is 0 Å². The Morgan fingerprint density at radius 1 is 0.333 bits per heavy atom. The minimum atomic E-state index is -4.61. The summed E-state index contributed by atoms with van der Waals surface area (Å²) in [5, 5.41) is 0. The zero-order valence-corrected chi connectivity index (χ0v) is 11.7. The molecule has 28 N–H and O–H groups in total. The van der Waals surface area contributed by atoms with E-state index >= 15 is 0 Å². The second kappa shape index (κ2) is 116. The minimum absolute atomic E-state index is 0. The van der Waals surface area contributed by atoms with Crippen LogP contribution in [0.25, 0.3) is 0 Å². The van der Waals surface area contributed by atoms with Gasteiger partial charge in [0.15, 0.2) is 0 Å². The van der Waals surface area contributed by atoms with Gasteiger partial charge in [-0.05, 0) is 0 Å². The molecule has 0 amide bonds. The van der Waals surface area contributed by atoms with Crippen LogP contribution in [0.3, 0.4) is 0 Å². The zero-order chi connectivity index (χ0) is 4.50. The fourth-order valence-electron chi connectivity index (χ4n) is 0. The van der Waals surface area contributed by atoms with E-state index in [9.17, 15) is 0 Å². The zero-order valence-electron chi connectivity index (χ0n) is 8.70. The molecule has 16 nitrogen and oxygen atoms in total. The van der Waals surface area contributed by atoms with Gasteiger partial charge in [0.25, 0.3) is 0 Å².